The molecule has 0 amide bonds. The second-order valence-electron chi connectivity index (χ2n) is 6.06. The SMILES string of the molecule is CS(=O)(=O)N1CCC(O)(CN2CC(n3cc(Br)cn3)C2)C1. The highest BCUT2D eigenvalue weighted by Gasteiger charge is 2.43. The minimum atomic E-state index is -3.21. The fraction of sp³-hybridized carbons (Fsp3) is 0.750. The van der Waals surface area contributed by atoms with Crippen LogP contribution in [0.3, 0.4) is 0 Å². The Morgan fingerprint density at radius 1 is 1.52 bits per heavy atom. The fourth-order valence-corrected chi connectivity index (χ4v) is 4.20. The van der Waals surface area contributed by atoms with Gasteiger partial charge in [0.05, 0.1) is 28.6 Å². The highest BCUT2D eigenvalue weighted by Crippen LogP contribution is 2.29. The van der Waals surface area contributed by atoms with E-state index in [0.717, 1.165) is 17.6 Å². The van der Waals surface area contributed by atoms with Crippen LogP contribution in [0.5, 0.6) is 0 Å². The smallest absolute Gasteiger partial charge is 0.211 e. The third kappa shape index (κ3) is 3.31. The van der Waals surface area contributed by atoms with Gasteiger partial charge in [-0.15, -0.1) is 0 Å². The third-order valence-corrected chi connectivity index (χ3v) is 5.83. The molecule has 3 rings (SSSR count). The van der Waals surface area contributed by atoms with Crippen molar-refractivity contribution in [1.82, 2.24) is 19.0 Å². The van der Waals surface area contributed by atoms with E-state index in [1.54, 1.807) is 6.20 Å². The van der Waals surface area contributed by atoms with Crippen molar-refractivity contribution >= 4 is 26.0 Å². The number of β-amino-alcohol motifs (C(OH)–C–C–N with tert-alkyl or cyclic N) is 1. The molecule has 2 saturated heterocycles. The zero-order valence-corrected chi connectivity index (χ0v) is 14.2. The Morgan fingerprint density at radius 2 is 2.24 bits per heavy atom. The topological polar surface area (TPSA) is 78.7 Å². The predicted molar refractivity (Wildman–Crippen MR) is 81.4 cm³/mol. The standard InChI is InChI=1S/C12H19BrN4O3S/c1-21(19,20)16-3-2-12(18,9-16)8-15-6-11(7-15)17-5-10(13)4-14-17/h4-5,11,18H,2-3,6-9H2,1H3. The van der Waals surface area contributed by atoms with Crippen LogP contribution >= 0.6 is 15.9 Å². The van der Waals surface area contributed by atoms with E-state index < -0.39 is 15.6 Å². The van der Waals surface area contributed by atoms with Crippen molar-refractivity contribution in [2.75, 3.05) is 39.0 Å². The first kappa shape index (κ1) is 15.4. The lowest BCUT2D eigenvalue weighted by atomic mass is 9.99. The van der Waals surface area contributed by atoms with Crippen LogP contribution in [0.25, 0.3) is 0 Å². The number of halogens is 1. The maximum Gasteiger partial charge on any atom is 0.211 e. The first-order chi connectivity index (χ1) is 9.75. The second-order valence-corrected chi connectivity index (χ2v) is 8.96. The van der Waals surface area contributed by atoms with E-state index in [9.17, 15) is 13.5 Å². The van der Waals surface area contributed by atoms with E-state index in [0.29, 0.717) is 25.6 Å². The Morgan fingerprint density at radius 3 is 2.76 bits per heavy atom. The van der Waals surface area contributed by atoms with Crippen molar-refractivity contribution in [2.45, 2.75) is 18.1 Å². The molecule has 0 aromatic carbocycles. The summed E-state index contributed by atoms with van der Waals surface area (Å²) >= 11 is 3.37. The van der Waals surface area contributed by atoms with E-state index >= 15 is 0 Å². The number of likely N-dealkylation sites (tertiary alicyclic amines) is 1. The molecule has 1 aromatic heterocycles. The predicted octanol–water partition coefficient (Wildman–Crippen LogP) is -0.101. The molecule has 0 spiro atoms. The fourth-order valence-electron chi connectivity index (χ4n) is 3.00. The number of hydrogen-bond donors (Lipinski definition) is 1. The highest BCUT2D eigenvalue weighted by atomic mass is 79.9. The van der Waals surface area contributed by atoms with Gasteiger partial charge in [-0.2, -0.15) is 9.40 Å². The first-order valence-electron chi connectivity index (χ1n) is 6.85. The lowest BCUT2D eigenvalue weighted by molar-refractivity contribution is -0.0201. The summed E-state index contributed by atoms with van der Waals surface area (Å²) < 4.78 is 27.3. The van der Waals surface area contributed by atoms with Crippen molar-refractivity contribution in [1.29, 1.82) is 0 Å². The highest BCUT2D eigenvalue weighted by molar-refractivity contribution is 9.10. The zero-order chi connectivity index (χ0) is 15.3. The van der Waals surface area contributed by atoms with E-state index in [1.807, 2.05) is 10.9 Å². The maximum absolute atomic E-state index is 11.5. The molecule has 0 aliphatic carbocycles. The molecule has 1 unspecified atom stereocenters. The molecule has 21 heavy (non-hydrogen) atoms. The van der Waals surface area contributed by atoms with E-state index in [-0.39, 0.29) is 6.54 Å². The lowest BCUT2D eigenvalue weighted by Crippen LogP contribution is -2.55. The number of aromatic nitrogens is 2. The number of hydrogen-bond acceptors (Lipinski definition) is 5. The number of aliphatic hydroxyl groups is 1. The number of nitrogens with zero attached hydrogens (tertiary/aromatic N) is 4. The van der Waals surface area contributed by atoms with Gasteiger partial charge in [0.15, 0.2) is 0 Å². The molecule has 118 valence electrons. The summed E-state index contributed by atoms with van der Waals surface area (Å²) in [6.07, 6.45) is 5.39. The summed E-state index contributed by atoms with van der Waals surface area (Å²) in [7, 11) is -3.21. The Labute approximate surface area is 132 Å². The van der Waals surface area contributed by atoms with Crippen molar-refractivity contribution < 1.29 is 13.5 Å². The van der Waals surface area contributed by atoms with Crippen LogP contribution in [-0.4, -0.2) is 77.1 Å². The van der Waals surface area contributed by atoms with E-state index in [2.05, 4.69) is 25.9 Å². The third-order valence-electron chi connectivity index (χ3n) is 4.17. The van der Waals surface area contributed by atoms with Gasteiger partial charge in [-0.3, -0.25) is 9.58 Å². The van der Waals surface area contributed by atoms with Gasteiger partial charge in [0.2, 0.25) is 10.0 Å². The molecule has 1 atom stereocenters. The van der Waals surface area contributed by atoms with Crippen LogP contribution in [0.4, 0.5) is 0 Å². The largest absolute Gasteiger partial charge is 0.387 e. The molecular formula is C12H19BrN4O3S. The van der Waals surface area contributed by atoms with Gasteiger partial charge in [0.25, 0.3) is 0 Å². The molecule has 9 heteroatoms. The number of rotatable bonds is 4. The van der Waals surface area contributed by atoms with Gasteiger partial charge < -0.3 is 5.11 Å². The first-order valence-corrected chi connectivity index (χ1v) is 9.49. The summed E-state index contributed by atoms with van der Waals surface area (Å²) in [5, 5.41) is 14.8. The summed E-state index contributed by atoms with van der Waals surface area (Å²) in [4.78, 5) is 2.14. The quantitative estimate of drug-likeness (QED) is 0.791. The average molecular weight is 379 g/mol. The zero-order valence-electron chi connectivity index (χ0n) is 11.8. The molecule has 1 N–H and O–H groups in total. The molecule has 0 radical (unpaired) electrons. The molecule has 0 saturated carbocycles. The lowest BCUT2D eigenvalue weighted by Gasteiger charge is -2.42. The van der Waals surface area contributed by atoms with Crippen molar-refractivity contribution in [3.63, 3.8) is 0 Å². The molecule has 1 aromatic rings. The molecule has 3 heterocycles. The van der Waals surface area contributed by atoms with E-state index in [1.165, 1.54) is 10.6 Å². The van der Waals surface area contributed by atoms with Crippen LogP contribution in [0.1, 0.15) is 12.5 Å². The van der Waals surface area contributed by atoms with Crippen LogP contribution < -0.4 is 0 Å². The second kappa shape index (κ2) is 5.31. The molecule has 2 aliphatic heterocycles. The Bertz CT molecular complexity index is 628. The summed E-state index contributed by atoms with van der Waals surface area (Å²) in [6, 6.07) is 0.326. The Hall–Kier alpha value is -0.480. The van der Waals surface area contributed by atoms with Gasteiger partial charge in [-0.05, 0) is 22.4 Å². The average Bonchev–Trinajstić information content (AvgIpc) is 2.90. The van der Waals surface area contributed by atoms with Gasteiger partial charge >= 0.3 is 0 Å². The molecular weight excluding hydrogens is 360 g/mol. The van der Waals surface area contributed by atoms with Gasteiger partial charge in [0.1, 0.15) is 0 Å². The van der Waals surface area contributed by atoms with Gasteiger partial charge in [-0.1, -0.05) is 0 Å². The molecule has 2 aliphatic rings. The number of sulfonamides is 1. The molecule has 7 nitrogen and oxygen atoms in total. The molecule has 2 fully saturated rings. The summed E-state index contributed by atoms with van der Waals surface area (Å²) in [6.45, 7) is 2.77. The van der Waals surface area contributed by atoms with Gasteiger partial charge in [0, 0.05) is 38.9 Å². The van der Waals surface area contributed by atoms with Crippen LogP contribution in [0.15, 0.2) is 16.9 Å². The summed E-state index contributed by atoms with van der Waals surface area (Å²) in [5.74, 6) is 0. The van der Waals surface area contributed by atoms with Crippen molar-refractivity contribution in [2.24, 2.45) is 0 Å². The van der Waals surface area contributed by atoms with Crippen LogP contribution in [-0.2, 0) is 10.0 Å². The molecule has 0 bridgehead atoms. The monoisotopic (exact) mass is 378 g/mol. The minimum absolute atomic E-state index is 0.195. The van der Waals surface area contributed by atoms with Gasteiger partial charge in [-0.25, -0.2) is 8.42 Å². The summed E-state index contributed by atoms with van der Waals surface area (Å²) in [5.41, 5.74) is -0.932. The van der Waals surface area contributed by atoms with E-state index in [4.69, 9.17) is 0 Å². The maximum atomic E-state index is 11.5. The normalized spacial score (nSPS) is 28.9. The van der Waals surface area contributed by atoms with Crippen LogP contribution in [0, 0.1) is 0 Å². The Balaban J connectivity index is 1.53. The minimum Gasteiger partial charge on any atom is -0.387 e. The van der Waals surface area contributed by atoms with Crippen LogP contribution in [0.2, 0.25) is 0 Å². The van der Waals surface area contributed by atoms with Crippen molar-refractivity contribution in [3.8, 4) is 0 Å². The van der Waals surface area contributed by atoms with Crippen molar-refractivity contribution in [3.05, 3.63) is 16.9 Å². The Kier molecular flexibility index (Phi) is 3.90.